The van der Waals surface area contributed by atoms with E-state index < -0.39 is 20.8 Å². The summed E-state index contributed by atoms with van der Waals surface area (Å²) in [6.07, 6.45) is 0.788. The van der Waals surface area contributed by atoms with Crippen molar-refractivity contribution >= 4 is 15.7 Å². The highest BCUT2D eigenvalue weighted by molar-refractivity contribution is 7.54. The monoisotopic (exact) mass is 248 g/mol. The van der Waals surface area contributed by atoms with Gasteiger partial charge in [0.2, 0.25) is 0 Å². The fraction of sp³-hybridized carbons (Fsp3) is 0.800. The molecule has 5 heteroatoms. The first-order valence-electron chi connectivity index (χ1n) is 5.18. The second kappa shape index (κ2) is 4.84. The summed E-state index contributed by atoms with van der Waals surface area (Å²) in [5.41, 5.74) is 3.07. The Morgan fingerprint density at radius 1 is 1.20 bits per heavy atom. The van der Waals surface area contributed by atoms with Crippen molar-refractivity contribution in [2.75, 3.05) is 0 Å². The lowest BCUT2D eigenvalue weighted by Gasteiger charge is -2.27. The summed E-state index contributed by atoms with van der Waals surface area (Å²) >= 11 is 0. The maximum absolute atomic E-state index is 11.4. The predicted octanol–water partition coefficient (Wildman–Crippen LogP) is 2.60. The highest BCUT2D eigenvalue weighted by atomic mass is 31.2. The standard InChI is InChI=1S/C10H21O3PSi/c1-6-10(7-2,14(11,12)13)8-9-15(3,4)5/h6-7H2,1-5H3,(H2,11,12,13). The molecule has 0 aromatic rings. The molecule has 0 aliphatic rings. The summed E-state index contributed by atoms with van der Waals surface area (Å²) in [5, 5.41) is -1.13. The Balaban J connectivity index is 5.31. The van der Waals surface area contributed by atoms with Crippen LogP contribution in [-0.2, 0) is 4.57 Å². The molecule has 0 aliphatic heterocycles. The van der Waals surface area contributed by atoms with Gasteiger partial charge in [-0.2, -0.15) is 0 Å². The van der Waals surface area contributed by atoms with E-state index in [2.05, 4.69) is 31.1 Å². The summed E-state index contributed by atoms with van der Waals surface area (Å²) in [7, 11) is -5.73. The molecule has 0 fully saturated rings. The van der Waals surface area contributed by atoms with Gasteiger partial charge in [0.15, 0.2) is 0 Å². The minimum absolute atomic E-state index is 0.394. The van der Waals surface area contributed by atoms with Crippen LogP contribution in [0.4, 0.5) is 0 Å². The summed E-state index contributed by atoms with van der Waals surface area (Å²) in [6, 6.07) is 0. The van der Waals surface area contributed by atoms with Gasteiger partial charge in [-0.3, -0.25) is 4.57 Å². The fourth-order valence-electron chi connectivity index (χ4n) is 1.22. The molecule has 0 amide bonds. The van der Waals surface area contributed by atoms with Crippen LogP contribution in [0, 0.1) is 11.5 Å². The molecule has 2 N–H and O–H groups in total. The Morgan fingerprint density at radius 3 is 1.80 bits per heavy atom. The van der Waals surface area contributed by atoms with E-state index in [1.165, 1.54) is 0 Å². The lowest BCUT2D eigenvalue weighted by Crippen LogP contribution is -2.27. The van der Waals surface area contributed by atoms with Crippen LogP contribution in [0.3, 0.4) is 0 Å². The second-order valence-electron chi connectivity index (χ2n) is 4.78. The van der Waals surface area contributed by atoms with Crippen molar-refractivity contribution in [1.29, 1.82) is 0 Å². The number of rotatable bonds is 3. The maximum atomic E-state index is 11.4. The average Bonchev–Trinajstić information content (AvgIpc) is 2.02. The summed E-state index contributed by atoms with van der Waals surface area (Å²) in [6.45, 7) is 9.75. The summed E-state index contributed by atoms with van der Waals surface area (Å²) < 4.78 is 11.4. The van der Waals surface area contributed by atoms with Crippen molar-refractivity contribution in [2.45, 2.75) is 51.5 Å². The zero-order chi connectivity index (χ0) is 12.3. The highest BCUT2D eigenvalue weighted by Crippen LogP contribution is 2.54. The molecule has 0 radical (unpaired) electrons. The van der Waals surface area contributed by atoms with E-state index in [1.54, 1.807) is 13.8 Å². The van der Waals surface area contributed by atoms with Gasteiger partial charge in [-0.1, -0.05) is 39.4 Å². The molecule has 0 saturated heterocycles. The molecule has 0 spiro atoms. The first-order valence-corrected chi connectivity index (χ1v) is 10.3. The van der Waals surface area contributed by atoms with E-state index in [0.717, 1.165) is 0 Å². The van der Waals surface area contributed by atoms with E-state index in [0.29, 0.717) is 12.8 Å². The van der Waals surface area contributed by atoms with Crippen molar-refractivity contribution in [1.82, 2.24) is 0 Å². The van der Waals surface area contributed by atoms with Crippen molar-refractivity contribution in [3.8, 4) is 11.5 Å². The molecule has 3 nitrogen and oxygen atoms in total. The van der Waals surface area contributed by atoms with Crippen molar-refractivity contribution in [3.63, 3.8) is 0 Å². The van der Waals surface area contributed by atoms with E-state index >= 15 is 0 Å². The highest BCUT2D eigenvalue weighted by Gasteiger charge is 2.42. The van der Waals surface area contributed by atoms with E-state index in [9.17, 15) is 14.4 Å². The van der Waals surface area contributed by atoms with Gasteiger partial charge >= 0.3 is 7.60 Å². The molecule has 0 bridgehead atoms. The molecule has 0 heterocycles. The number of hydrogen-bond acceptors (Lipinski definition) is 1. The van der Waals surface area contributed by atoms with Crippen LogP contribution >= 0.6 is 7.60 Å². The van der Waals surface area contributed by atoms with Crippen LogP contribution in [0.25, 0.3) is 0 Å². The van der Waals surface area contributed by atoms with Gasteiger partial charge in [0.25, 0.3) is 0 Å². The van der Waals surface area contributed by atoms with Gasteiger partial charge < -0.3 is 9.79 Å². The molecule has 0 rings (SSSR count). The Kier molecular flexibility index (Phi) is 4.82. The van der Waals surface area contributed by atoms with Crippen LogP contribution in [-0.4, -0.2) is 23.0 Å². The molecule has 0 aliphatic carbocycles. The molecular weight excluding hydrogens is 227 g/mol. The molecule has 0 atom stereocenters. The Morgan fingerprint density at radius 2 is 1.60 bits per heavy atom. The normalized spacial score (nSPS) is 13.3. The van der Waals surface area contributed by atoms with Crippen LogP contribution < -0.4 is 0 Å². The lowest BCUT2D eigenvalue weighted by atomic mass is 10.0. The first kappa shape index (κ1) is 14.9. The first-order chi connectivity index (χ1) is 6.58. The molecule has 88 valence electrons. The van der Waals surface area contributed by atoms with Gasteiger partial charge in [0, 0.05) is 0 Å². The molecule has 0 saturated carbocycles. The molecule has 0 aromatic heterocycles. The topological polar surface area (TPSA) is 57.5 Å². The van der Waals surface area contributed by atoms with Gasteiger partial charge in [-0.15, -0.1) is 5.54 Å². The third-order valence-corrected chi connectivity index (χ3v) is 5.13. The maximum Gasteiger partial charge on any atom is 0.343 e. The minimum atomic E-state index is -4.14. The second-order valence-corrected chi connectivity index (χ2v) is 11.5. The van der Waals surface area contributed by atoms with Crippen molar-refractivity contribution < 1.29 is 14.4 Å². The summed E-state index contributed by atoms with van der Waals surface area (Å²) in [5.74, 6) is 2.86. The van der Waals surface area contributed by atoms with Crippen LogP contribution in [0.5, 0.6) is 0 Å². The third-order valence-electron chi connectivity index (χ3n) is 2.40. The van der Waals surface area contributed by atoms with Crippen molar-refractivity contribution in [3.05, 3.63) is 0 Å². The van der Waals surface area contributed by atoms with Crippen LogP contribution in [0.15, 0.2) is 0 Å². The Labute approximate surface area is 93.5 Å². The Bertz CT molecular complexity index is 312. The molecule has 15 heavy (non-hydrogen) atoms. The van der Waals surface area contributed by atoms with Gasteiger partial charge in [-0.05, 0) is 12.8 Å². The van der Waals surface area contributed by atoms with E-state index in [-0.39, 0.29) is 0 Å². The number of hydrogen-bond donors (Lipinski definition) is 2. The molecular formula is C10H21O3PSi. The lowest BCUT2D eigenvalue weighted by molar-refractivity contribution is 0.337. The largest absolute Gasteiger partial charge is 0.343 e. The van der Waals surface area contributed by atoms with E-state index in [1.807, 2.05) is 0 Å². The summed E-state index contributed by atoms with van der Waals surface area (Å²) in [4.78, 5) is 18.7. The van der Waals surface area contributed by atoms with Gasteiger partial charge in [0.05, 0.1) is 0 Å². The predicted molar refractivity (Wildman–Crippen MR) is 66.5 cm³/mol. The minimum Gasteiger partial charge on any atom is -0.323 e. The van der Waals surface area contributed by atoms with Crippen LogP contribution in [0.2, 0.25) is 19.6 Å². The zero-order valence-corrected chi connectivity index (χ0v) is 12.1. The van der Waals surface area contributed by atoms with Crippen molar-refractivity contribution in [2.24, 2.45) is 0 Å². The SMILES string of the molecule is CCC(C#C[Si](C)(C)C)(CC)P(=O)(O)O. The average molecular weight is 248 g/mol. The quantitative estimate of drug-likeness (QED) is 0.458. The van der Waals surface area contributed by atoms with Gasteiger partial charge in [-0.25, -0.2) is 0 Å². The molecule has 0 aromatic carbocycles. The smallest absolute Gasteiger partial charge is 0.323 e. The molecule has 0 unspecified atom stereocenters. The Hall–Kier alpha value is -0.0731. The zero-order valence-electron chi connectivity index (χ0n) is 10.2. The third kappa shape index (κ3) is 4.12. The van der Waals surface area contributed by atoms with E-state index in [4.69, 9.17) is 0 Å². The van der Waals surface area contributed by atoms with Gasteiger partial charge in [0.1, 0.15) is 13.2 Å². The fourth-order valence-corrected chi connectivity index (χ4v) is 2.96. The van der Waals surface area contributed by atoms with Crippen LogP contribution in [0.1, 0.15) is 26.7 Å².